The molecule has 19 heavy (non-hydrogen) atoms. The molecule has 0 saturated heterocycles. The molecular weight excluding hydrogens is 288 g/mol. The van der Waals surface area contributed by atoms with E-state index in [0.29, 0.717) is 17.3 Å². The third-order valence-electron chi connectivity index (χ3n) is 3.32. The van der Waals surface area contributed by atoms with Crippen LogP contribution in [0.2, 0.25) is 0 Å². The minimum Gasteiger partial charge on any atom is -0.351 e. The summed E-state index contributed by atoms with van der Waals surface area (Å²) < 4.78 is 0. The van der Waals surface area contributed by atoms with E-state index in [1.165, 1.54) is 12.1 Å². The molecule has 1 N–H and O–H groups in total. The summed E-state index contributed by atoms with van der Waals surface area (Å²) in [5, 5.41) is 13.6. The number of alkyl halides is 1. The zero-order valence-corrected chi connectivity index (χ0v) is 11.9. The van der Waals surface area contributed by atoms with Gasteiger partial charge in [0.2, 0.25) is 0 Å². The smallest absolute Gasteiger partial charge is 0.324 e. The quantitative estimate of drug-likeness (QED) is 0.527. The van der Waals surface area contributed by atoms with Gasteiger partial charge < -0.3 is 5.32 Å². The molecule has 1 aliphatic rings. The molecule has 0 unspecified atom stereocenters. The van der Waals surface area contributed by atoms with Crippen LogP contribution in [0.4, 0.5) is 5.00 Å². The van der Waals surface area contributed by atoms with E-state index >= 15 is 0 Å². The molecule has 104 valence electrons. The molecule has 0 bridgehead atoms. The van der Waals surface area contributed by atoms with Crippen LogP contribution in [0.5, 0.6) is 0 Å². The topological polar surface area (TPSA) is 72.2 Å². The third-order valence-corrected chi connectivity index (χ3v) is 4.80. The standard InChI is InChI=1S/C12H15ClN2O3S/c13-9-3-1-8(2-4-9)7-14-12(16)10-5-6-11(19-10)15(17)18/h5-6,8-9H,1-4,7H2,(H,14,16). The van der Waals surface area contributed by atoms with Crippen LogP contribution in [0.1, 0.15) is 35.4 Å². The van der Waals surface area contributed by atoms with Gasteiger partial charge in [-0.25, -0.2) is 0 Å². The molecule has 0 aromatic carbocycles. The van der Waals surface area contributed by atoms with E-state index in [2.05, 4.69) is 5.32 Å². The van der Waals surface area contributed by atoms with Gasteiger partial charge in [0.1, 0.15) is 0 Å². The lowest BCUT2D eigenvalue weighted by molar-refractivity contribution is -0.380. The van der Waals surface area contributed by atoms with E-state index in [9.17, 15) is 14.9 Å². The van der Waals surface area contributed by atoms with Crippen molar-refractivity contribution in [2.24, 2.45) is 5.92 Å². The summed E-state index contributed by atoms with van der Waals surface area (Å²) in [6.45, 7) is 0.619. The number of nitrogens with one attached hydrogen (secondary N) is 1. The second kappa shape index (κ2) is 6.34. The van der Waals surface area contributed by atoms with Gasteiger partial charge >= 0.3 is 5.00 Å². The highest BCUT2D eigenvalue weighted by Gasteiger charge is 2.21. The summed E-state index contributed by atoms with van der Waals surface area (Å²) in [5.41, 5.74) is 0. The summed E-state index contributed by atoms with van der Waals surface area (Å²) in [6.07, 6.45) is 4.04. The molecule has 1 aromatic heterocycles. The summed E-state index contributed by atoms with van der Waals surface area (Å²) in [4.78, 5) is 22.3. The van der Waals surface area contributed by atoms with Crippen LogP contribution in [0, 0.1) is 16.0 Å². The Morgan fingerprint density at radius 3 is 2.68 bits per heavy atom. The van der Waals surface area contributed by atoms with Crippen molar-refractivity contribution in [1.29, 1.82) is 0 Å². The highest BCUT2D eigenvalue weighted by Crippen LogP contribution is 2.27. The minimum absolute atomic E-state index is 0.00667. The number of amides is 1. The van der Waals surface area contributed by atoms with E-state index in [-0.39, 0.29) is 16.3 Å². The van der Waals surface area contributed by atoms with Gasteiger partial charge in [0.25, 0.3) is 5.91 Å². The van der Waals surface area contributed by atoms with E-state index in [4.69, 9.17) is 11.6 Å². The Hall–Kier alpha value is -1.14. The predicted octanol–water partition coefficient (Wildman–Crippen LogP) is 3.18. The molecule has 7 heteroatoms. The fraction of sp³-hybridized carbons (Fsp3) is 0.583. The van der Waals surface area contributed by atoms with Crippen molar-refractivity contribution in [3.63, 3.8) is 0 Å². The first-order valence-electron chi connectivity index (χ1n) is 6.22. The Balaban J connectivity index is 1.82. The molecule has 1 aliphatic carbocycles. The molecule has 0 atom stereocenters. The van der Waals surface area contributed by atoms with Gasteiger partial charge in [0.15, 0.2) is 0 Å². The van der Waals surface area contributed by atoms with Crippen LogP contribution < -0.4 is 5.32 Å². The number of carbonyl (C=O) groups excluding carboxylic acids is 1. The maximum absolute atomic E-state index is 11.8. The second-order valence-electron chi connectivity index (χ2n) is 4.72. The summed E-state index contributed by atoms with van der Waals surface area (Å²) >= 11 is 6.93. The molecule has 5 nitrogen and oxygen atoms in total. The fourth-order valence-corrected chi connectivity index (χ4v) is 3.19. The first-order chi connectivity index (χ1) is 9.06. The van der Waals surface area contributed by atoms with Gasteiger partial charge in [-0.2, -0.15) is 0 Å². The summed E-state index contributed by atoms with van der Waals surface area (Å²) in [5.74, 6) is 0.236. The largest absolute Gasteiger partial charge is 0.351 e. The minimum atomic E-state index is -0.483. The zero-order valence-electron chi connectivity index (χ0n) is 10.3. The Kier molecular flexibility index (Phi) is 4.76. The molecule has 1 fully saturated rings. The van der Waals surface area contributed by atoms with Crippen LogP contribution in [-0.4, -0.2) is 22.8 Å². The third kappa shape index (κ3) is 3.91. The van der Waals surface area contributed by atoms with Gasteiger partial charge in [-0.3, -0.25) is 14.9 Å². The van der Waals surface area contributed by atoms with Gasteiger partial charge in [0.05, 0.1) is 9.80 Å². The summed E-state index contributed by atoms with van der Waals surface area (Å²) in [7, 11) is 0. The number of hydrogen-bond donors (Lipinski definition) is 1. The number of carbonyl (C=O) groups is 1. The highest BCUT2D eigenvalue weighted by atomic mass is 35.5. The normalized spacial score (nSPS) is 23.0. The van der Waals surface area contributed by atoms with Crippen LogP contribution >= 0.6 is 22.9 Å². The van der Waals surface area contributed by atoms with E-state index < -0.39 is 4.92 Å². The lowest BCUT2D eigenvalue weighted by Crippen LogP contribution is -2.31. The number of halogens is 1. The number of nitro groups is 1. The molecule has 2 rings (SSSR count). The average molecular weight is 303 g/mol. The predicted molar refractivity (Wildman–Crippen MR) is 74.9 cm³/mol. The Bertz CT molecular complexity index is 469. The lowest BCUT2D eigenvalue weighted by atomic mass is 9.89. The Morgan fingerprint density at radius 1 is 1.42 bits per heavy atom. The van der Waals surface area contributed by atoms with Crippen molar-refractivity contribution < 1.29 is 9.72 Å². The van der Waals surface area contributed by atoms with Crippen LogP contribution in [0.3, 0.4) is 0 Å². The van der Waals surface area contributed by atoms with E-state index in [1.807, 2.05) is 0 Å². The van der Waals surface area contributed by atoms with Crippen LogP contribution in [0.25, 0.3) is 0 Å². The van der Waals surface area contributed by atoms with E-state index in [1.54, 1.807) is 0 Å². The van der Waals surface area contributed by atoms with E-state index in [0.717, 1.165) is 37.0 Å². The second-order valence-corrected chi connectivity index (χ2v) is 6.40. The van der Waals surface area contributed by atoms with Crippen LogP contribution in [0.15, 0.2) is 12.1 Å². The van der Waals surface area contributed by atoms with Gasteiger partial charge in [-0.1, -0.05) is 11.3 Å². The number of nitrogens with zero attached hydrogens (tertiary/aromatic N) is 1. The van der Waals surface area contributed by atoms with Gasteiger partial charge in [0, 0.05) is 18.0 Å². The molecule has 0 radical (unpaired) electrons. The number of hydrogen-bond acceptors (Lipinski definition) is 4. The first-order valence-corrected chi connectivity index (χ1v) is 7.48. The Morgan fingerprint density at radius 2 is 2.11 bits per heavy atom. The number of thiophene rings is 1. The van der Waals surface area contributed by atoms with Crippen molar-refractivity contribution >= 4 is 33.8 Å². The van der Waals surface area contributed by atoms with Crippen molar-refractivity contribution in [2.75, 3.05) is 6.54 Å². The maximum Gasteiger partial charge on any atom is 0.324 e. The highest BCUT2D eigenvalue weighted by molar-refractivity contribution is 7.17. The van der Waals surface area contributed by atoms with Gasteiger partial charge in [-0.15, -0.1) is 11.6 Å². The van der Waals surface area contributed by atoms with Crippen molar-refractivity contribution in [3.05, 3.63) is 27.1 Å². The number of rotatable bonds is 4. The SMILES string of the molecule is O=C(NCC1CCC(Cl)CC1)c1ccc([N+](=O)[O-])s1. The molecule has 0 aliphatic heterocycles. The average Bonchev–Trinajstić information content (AvgIpc) is 2.87. The summed E-state index contributed by atoms with van der Waals surface area (Å²) in [6, 6.07) is 2.85. The van der Waals surface area contributed by atoms with Crippen molar-refractivity contribution in [3.8, 4) is 0 Å². The molecule has 1 saturated carbocycles. The molecular formula is C12H15ClN2O3S. The lowest BCUT2D eigenvalue weighted by Gasteiger charge is -2.24. The van der Waals surface area contributed by atoms with Crippen molar-refractivity contribution in [2.45, 2.75) is 31.1 Å². The monoisotopic (exact) mass is 302 g/mol. The first kappa shape index (κ1) is 14.3. The maximum atomic E-state index is 11.8. The zero-order chi connectivity index (χ0) is 13.8. The van der Waals surface area contributed by atoms with Gasteiger partial charge in [-0.05, 0) is 37.7 Å². The fourth-order valence-electron chi connectivity index (χ4n) is 2.20. The molecule has 1 heterocycles. The molecule has 0 spiro atoms. The molecule has 1 aromatic rings. The van der Waals surface area contributed by atoms with Crippen molar-refractivity contribution in [1.82, 2.24) is 5.32 Å². The molecule has 1 amide bonds. The Labute approximate surface area is 120 Å². The van der Waals surface area contributed by atoms with Crippen LogP contribution in [-0.2, 0) is 0 Å².